The number of aryl methyl sites for hydroxylation is 1. The molecule has 3 rings (SSSR count). The minimum absolute atomic E-state index is 0.0123. The Balaban J connectivity index is 1.37. The number of hydrogen-bond donors (Lipinski definition) is 7. The lowest BCUT2D eigenvalue weighted by Gasteiger charge is -2.22. The van der Waals surface area contributed by atoms with Gasteiger partial charge in [0.05, 0.1) is 6.61 Å². The lowest BCUT2D eigenvalue weighted by atomic mass is 10.1. The molecule has 1 aromatic heterocycles. The summed E-state index contributed by atoms with van der Waals surface area (Å²) in [7, 11) is 0. The molecule has 0 radical (unpaired) electrons. The number of nitrogens with zero attached hydrogens (tertiary/aromatic N) is 2. The first kappa shape index (κ1) is 29.3. The fourth-order valence-electron chi connectivity index (χ4n) is 3.89. The lowest BCUT2D eigenvalue weighted by molar-refractivity contribution is -0.158. The zero-order valence-electron chi connectivity index (χ0n) is 21.2. The molecule has 38 heavy (non-hydrogen) atoms. The molecular weight excluding hydrogens is 518 g/mol. The Bertz CT molecular complexity index is 1140. The highest BCUT2D eigenvalue weighted by atomic mass is 35.5. The van der Waals surface area contributed by atoms with Crippen LogP contribution in [0.5, 0.6) is 5.75 Å². The number of aliphatic hydroxyl groups excluding tert-OH is 2. The minimum Gasteiger partial charge on any atom is -0.491 e. The normalized spacial score (nSPS) is 19.1. The van der Waals surface area contributed by atoms with E-state index in [1.807, 2.05) is 18.2 Å². The second-order valence-corrected chi connectivity index (χ2v) is 9.55. The number of hydrogen-bond acceptors (Lipinski definition) is 11. The van der Waals surface area contributed by atoms with Gasteiger partial charge in [-0.2, -0.15) is 0 Å². The molecule has 1 aliphatic heterocycles. The Hall–Kier alpha value is -3.23. The van der Waals surface area contributed by atoms with Crippen LogP contribution >= 0.6 is 11.6 Å². The molecule has 1 amide bonds. The van der Waals surface area contributed by atoms with Gasteiger partial charge in [-0.3, -0.25) is 15.5 Å². The largest absolute Gasteiger partial charge is 0.491 e. The highest BCUT2D eigenvalue weighted by molar-refractivity contribution is 6.31. The van der Waals surface area contributed by atoms with Crippen LogP contribution in [0.3, 0.4) is 0 Å². The van der Waals surface area contributed by atoms with Crippen molar-refractivity contribution in [3.05, 3.63) is 40.7 Å². The fraction of sp³-hybridized carbons (Fsp3) is 0.500. The van der Waals surface area contributed by atoms with Crippen molar-refractivity contribution in [3.63, 3.8) is 0 Å². The van der Waals surface area contributed by atoms with Crippen LogP contribution in [0.25, 0.3) is 0 Å². The van der Waals surface area contributed by atoms with Gasteiger partial charge in [-0.1, -0.05) is 23.7 Å². The summed E-state index contributed by atoms with van der Waals surface area (Å²) < 4.78 is 17.0. The molecule has 1 saturated heterocycles. The molecule has 1 fully saturated rings. The maximum atomic E-state index is 12.2. The summed E-state index contributed by atoms with van der Waals surface area (Å²) in [6.45, 7) is 3.63. The van der Waals surface area contributed by atoms with Crippen molar-refractivity contribution in [3.8, 4) is 5.75 Å². The second-order valence-electron chi connectivity index (χ2n) is 9.19. The van der Waals surface area contributed by atoms with Crippen molar-refractivity contribution in [1.29, 1.82) is 5.41 Å². The first-order valence-corrected chi connectivity index (χ1v) is 12.5. The third-order valence-electron chi connectivity index (χ3n) is 5.65. The maximum Gasteiger partial charge on any atom is 0.280 e. The van der Waals surface area contributed by atoms with Crippen LogP contribution in [0, 0.1) is 5.41 Å². The van der Waals surface area contributed by atoms with Gasteiger partial charge in [-0.15, -0.1) is 0 Å². The van der Waals surface area contributed by atoms with E-state index in [1.165, 1.54) is 0 Å². The summed E-state index contributed by atoms with van der Waals surface area (Å²) >= 11 is 5.78. The Morgan fingerprint density at radius 2 is 2.03 bits per heavy atom. The lowest BCUT2D eigenvalue weighted by Crippen LogP contribution is -2.41. The van der Waals surface area contributed by atoms with Crippen LogP contribution in [0.2, 0.25) is 5.15 Å². The molecule has 0 spiro atoms. The summed E-state index contributed by atoms with van der Waals surface area (Å²) in [4.78, 5) is 19.8. The molecule has 0 unspecified atom stereocenters. The van der Waals surface area contributed by atoms with Crippen molar-refractivity contribution in [1.82, 2.24) is 20.6 Å². The van der Waals surface area contributed by atoms with Gasteiger partial charge in [-0.25, -0.2) is 9.97 Å². The van der Waals surface area contributed by atoms with Gasteiger partial charge in [0.15, 0.2) is 34.2 Å². The number of aliphatic hydroxyl groups is 2. The number of guanidine groups is 1. The summed E-state index contributed by atoms with van der Waals surface area (Å²) in [6, 6.07) is 7.53. The van der Waals surface area contributed by atoms with E-state index in [1.54, 1.807) is 19.9 Å². The Morgan fingerprint density at radius 3 is 2.76 bits per heavy atom. The van der Waals surface area contributed by atoms with Crippen LogP contribution in [-0.2, 0) is 15.9 Å². The van der Waals surface area contributed by atoms with Gasteiger partial charge in [0.1, 0.15) is 30.7 Å². The molecule has 9 N–H and O–H groups in total. The molecule has 2 heterocycles. The number of carbonyl (C=O) groups excluding carboxylic acids is 1. The SMILES string of the molecule is CC1(C)O[C@H]([C@H](O)COc2cccc(CCCCNC(=N)NC(=O)c3nc(Cl)c(N)nc3N)c2)[C@H](CO)O1. The van der Waals surface area contributed by atoms with Gasteiger partial charge in [0.25, 0.3) is 5.91 Å². The van der Waals surface area contributed by atoms with Crippen LogP contribution in [0.4, 0.5) is 11.6 Å². The van der Waals surface area contributed by atoms with Gasteiger partial charge >= 0.3 is 0 Å². The number of benzene rings is 1. The average Bonchev–Trinajstić information content (AvgIpc) is 3.19. The van der Waals surface area contributed by atoms with Crippen molar-refractivity contribution < 1.29 is 29.2 Å². The van der Waals surface area contributed by atoms with E-state index in [4.69, 9.17) is 42.7 Å². The molecule has 13 nitrogen and oxygen atoms in total. The third kappa shape index (κ3) is 8.13. The number of unbranched alkanes of at least 4 members (excludes halogenated alkanes) is 1. The topological polar surface area (TPSA) is 211 Å². The molecule has 1 aliphatic rings. The molecule has 2 aromatic rings. The Kier molecular flexibility index (Phi) is 10.1. The smallest absolute Gasteiger partial charge is 0.280 e. The van der Waals surface area contributed by atoms with Crippen molar-refractivity contribution in [2.75, 3.05) is 31.2 Å². The predicted molar refractivity (Wildman–Crippen MR) is 141 cm³/mol. The monoisotopic (exact) mass is 551 g/mol. The second kappa shape index (κ2) is 13.0. The molecule has 208 valence electrons. The van der Waals surface area contributed by atoms with Gasteiger partial charge in [0.2, 0.25) is 0 Å². The molecule has 1 aromatic carbocycles. The van der Waals surface area contributed by atoms with Crippen molar-refractivity contribution in [2.24, 2.45) is 0 Å². The standard InChI is InChI=1S/C24H34ClN7O6/c1-24(2)37-16(11-33)18(38-24)15(34)12-36-14-8-5-7-13(10-14)6-3-4-9-29-23(28)32-22(35)17-20(26)31-21(27)19(25)30-17/h5,7-8,10,15-16,18,33-34H,3-4,6,9,11-12H2,1-2H3,(H4,26,27,31)(H3,28,29,32,35)/t15-,16+,18-/m1/s1. The van der Waals surface area contributed by atoms with Crippen molar-refractivity contribution >= 4 is 35.1 Å². The first-order valence-electron chi connectivity index (χ1n) is 12.1. The number of nitrogens with one attached hydrogen (secondary N) is 3. The highest BCUT2D eigenvalue weighted by Gasteiger charge is 2.44. The number of ether oxygens (including phenoxy) is 3. The fourth-order valence-corrected chi connectivity index (χ4v) is 4.02. The van der Waals surface area contributed by atoms with E-state index in [-0.39, 0.29) is 41.7 Å². The van der Waals surface area contributed by atoms with Crippen LogP contribution in [-0.4, -0.2) is 75.9 Å². The number of anilines is 2. The zero-order valence-corrected chi connectivity index (χ0v) is 22.0. The third-order valence-corrected chi connectivity index (χ3v) is 5.93. The van der Waals surface area contributed by atoms with Gasteiger partial charge in [0, 0.05) is 6.54 Å². The van der Waals surface area contributed by atoms with Crippen LogP contribution < -0.4 is 26.8 Å². The van der Waals surface area contributed by atoms with Gasteiger partial charge in [-0.05, 0) is 50.8 Å². The van der Waals surface area contributed by atoms with E-state index in [2.05, 4.69) is 20.6 Å². The molecule has 3 atom stereocenters. The number of nitrogen functional groups attached to an aromatic ring is 2. The summed E-state index contributed by atoms with van der Waals surface area (Å²) in [6.07, 6.45) is 0.0180. The van der Waals surface area contributed by atoms with E-state index < -0.39 is 30.0 Å². The predicted octanol–water partition coefficient (Wildman–Crippen LogP) is 0.824. The Labute approximate surface area is 225 Å². The molecular formula is C24H34ClN7O6. The summed E-state index contributed by atoms with van der Waals surface area (Å²) in [5, 5.41) is 32.9. The van der Waals surface area contributed by atoms with Crippen LogP contribution in [0.1, 0.15) is 42.7 Å². The quantitative estimate of drug-likeness (QED) is 0.118. The van der Waals surface area contributed by atoms with Crippen LogP contribution in [0.15, 0.2) is 24.3 Å². The number of rotatable bonds is 11. The Morgan fingerprint density at radius 1 is 1.26 bits per heavy atom. The van der Waals surface area contributed by atoms with E-state index in [0.29, 0.717) is 12.3 Å². The van der Waals surface area contributed by atoms with E-state index in [9.17, 15) is 15.0 Å². The summed E-state index contributed by atoms with van der Waals surface area (Å²) in [5.74, 6) is -1.48. The molecule has 0 bridgehead atoms. The summed E-state index contributed by atoms with van der Waals surface area (Å²) in [5.41, 5.74) is 12.0. The zero-order chi connectivity index (χ0) is 27.9. The molecule has 0 saturated carbocycles. The van der Waals surface area contributed by atoms with E-state index in [0.717, 1.165) is 24.8 Å². The van der Waals surface area contributed by atoms with Crippen molar-refractivity contribution in [2.45, 2.75) is 57.2 Å². The first-order chi connectivity index (χ1) is 18.0. The van der Waals surface area contributed by atoms with E-state index >= 15 is 0 Å². The molecule has 0 aliphatic carbocycles. The van der Waals surface area contributed by atoms with Gasteiger partial charge < -0.3 is 41.2 Å². The average molecular weight is 552 g/mol. The minimum atomic E-state index is -0.972. The number of halogens is 1. The maximum absolute atomic E-state index is 12.2. The molecule has 14 heteroatoms. The number of carbonyl (C=O) groups is 1. The number of nitrogens with two attached hydrogens (primary N) is 2. The number of aromatic nitrogens is 2. The highest BCUT2D eigenvalue weighted by Crippen LogP contribution is 2.30. The number of amides is 1.